The molecule has 0 saturated heterocycles. The van der Waals surface area contributed by atoms with Crippen molar-refractivity contribution < 1.29 is 9.45 Å². The van der Waals surface area contributed by atoms with Gasteiger partial charge in [0.15, 0.2) is 5.76 Å². The Morgan fingerprint density at radius 2 is 2.06 bits per heavy atom. The number of rotatable bonds is 3. The first-order chi connectivity index (χ1) is 7.70. The zero-order chi connectivity index (χ0) is 11.5. The Morgan fingerprint density at radius 3 is 2.56 bits per heavy atom. The van der Waals surface area contributed by atoms with Crippen LogP contribution in [0.5, 0.6) is 0 Å². The lowest BCUT2D eigenvalue weighted by Crippen LogP contribution is -1.86. The Hall–Kier alpha value is -1.69. The minimum absolute atomic E-state index is 0.0592. The molecule has 5 nitrogen and oxygen atoms in total. The van der Waals surface area contributed by atoms with E-state index in [0.29, 0.717) is 11.1 Å². The van der Waals surface area contributed by atoms with Crippen LogP contribution in [0.25, 0.3) is 11.3 Å². The highest BCUT2D eigenvalue weighted by molar-refractivity contribution is 9.08. The van der Waals surface area contributed by atoms with Crippen molar-refractivity contribution in [2.75, 3.05) is 0 Å². The summed E-state index contributed by atoms with van der Waals surface area (Å²) in [6.45, 7) is 0. The molecule has 0 aliphatic rings. The number of nitro benzene ring substituents is 1. The van der Waals surface area contributed by atoms with Crippen LogP contribution in [0.4, 0.5) is 5.69 Å². The molecule has 1 heterocycles. The number of alkyl halides is 1. The fraction of sp³-hybridized carbons (Fsp3) is 0.100. The molecule has 0 aliphatic heterocycles. The van der Waals surface area contributed by atoms with Gasteiger partial charge in [0, 0.05) is 29.1 Å². The van der Waals surface area contributed by atoms with E-state index in [2.05, 4.69) is 21.1 Å². The van der Waals surface area contributed by atoms with Crippen molar-refractivity contribution in [1.82, 2.24) is 5.16 Å². The van der Waals surface area contributed by atoms with Crippen LogP contribution in [0.3, 0.4) is 0 Å². The molecule has 16 heavy (non-hydrogen) atoms. The van der Waals surface area contributed by atoms with Crippen molar-refractivity contribution in [2.45, 2.75) is 5.33 Å². The Balaban J connectivity index is 2.30. The van der Waals surface area contributed by atoms with Gasteiger partial charge in [-0.3, -0.25) is 10.1 Å². The van der Waals surface area contributed by atoms with Crippen LogP contribution >= 0.6 is 15.9 Å². The largest absolute Gasteiger partial charge is 0.356 e. The molecule has 1 aromatic heterocycles. The normalized spacial score (nSPS) is 10.3. The third-order valence-electron chi connectivity index (χ3n) is 2.06. The van der Waals surface area contributed by atoms with E-state index in [0.717, 1.165) is 11.3 Å². The van der Waals surface area contributed by atoms with Crippen LogP contribution in [0.2, 0.25) is 0 Å². The number of aromatic nitrogens is 1. The number of non-ortho nitro benzene ring substituents is 1. The molecule has 0 radical (unpaired) electrons. The average Bonchev–Trinajstić information content (AvgIpc) is 2.77. The summed E-state index contributed by atoms with van der Waals surface area (Å²) in [6, 6.07) is 7.93. The number of nitrogens with zero attached hydrogens (tertiary/aromatic N) is 2. The van der Waals surface area contributed by atoms with E-state index in [1.807, 2.05) is 0 Å². The summed E-state index contributed by atoms with van der Waals surface area (Å²) >= 11 is 3.26. The smallest absolute Gasteiger partial charge is 0.269 e. The summed E-state index contributed by atoms with van der Waals surface area (Å²) in [5, 5.41) is 14.9. The predicted octanol–water partition coefficient (Wildman–Crippen LogP) is 3.14. The second-order valence-electron chi connectivity index (χ2n) is 3.12. The molecule has 0 aliphatic carbocycles. The summed E-state index contributed by atoms with van der Waals surface area (Å²) in [5.41, 5.74) is 1.61. The van der Waals surface area contributed by atoms with Gasteiger partial charge in [-0.2, -0.15) is 0 Å². The number of hydrogen-bond acceptors (Lipinski definition) is 4. The summed E-state index contributed by atoms with van der Waals surface area (Å²) in [6.07, 6.45) is 0. The minimum atomic E-state index is -0.436. The van der Waals surface area contributed by atoms with Crippen molar-refractivity contribution in [1.29, 1.82) is 0 Å². The van der Waals surface area contributed by atoms with Gasteiger partial charge in [-0.05, 0) is 12.1 Å². The number of hydrogen-bond donors (Lipinski definition) is 0. The summed E-state index contributed by atoms with van der Waals surface area (Å²) in [5.74, 6) is 0.601. The quantitative estimate of drug-likeness (QED) is 0.493. The standard InChI is InChI=1S/C10H7BrN2O3/c11-6-8-5-10(16-12-8)7-1-3-9(4-2-7)13(14)15/h1-5H,6H2. The number of halogens is 1. The number of nitro groups is 1. The highest BCUT2D eigenvalue weighted by Crippen LogP contribution is 2.23. The van der Waals surface area contributed by atoms with Crippen LogP contribution in [-0.2, 0) is 5.33 Å². The third kappa shape index (κ3) is 2.11. The van der Waals surface area contributed by atoms with Gasteiger partial charge in [-0.15, -0.1) is 0 Å². The molecular formula is C10H7BrN2O3. The average molecular weight is 283 g/mol. The summed E-state index contributed by atoms with van der Waals surface area (Å²) in [4.78, 5) is 10.0. The summed E-state index contributed by atoms with van der Waals surface area (Å²) < 4.78 is 5.09. The molecular weight excluding hydrogens is 276 g/mol. The lowest BCUT2D eigenvalue weighted by atomic mass is 10.1. The molecule has 2 aromatic rings. The van der Waals surface area contributed by atoms with Gasteiger partial charge >= 0.3 is 0 Å². The Labute approximate surface area is 99.3 Å². The first-order valence-corrected chi connectivity index (χ1v) is 5.59. The van der Waals surface area contributed by atoms with E-state index in [9.17, 15) is 10.1 Å². The van der Waals surface area contributed by atoms with E-state index in [1.54, 1.807) is 18.2 Å². The van der Waals surface area contributed by atoms with E-state index in [-0.39, 0.29) is 5.69 Å². The molecule has 1 aromatic carbocycles. The Kier molecular flexibility index (Phi) is 3.00. The molecule has 82 valence electrons. The van der Waals surface area contributed by atoms with E-state index >= 15 is 0 Å². The molecule has 0 atom stereocenters. The van der Waals surface area contributed by atoms with Crippen LogP contribution in [0, 0.1) is 10.1 Å². The second kappa shape index (κ2) is 4.44. The van der Waals surface area contributed by atoms with Crippen molar-refractivity contribution in [2.24, 2.45) is 0 Å². The molecule has 0 unspecified atom stereocenters. The van der Waals surface area contributed by atoms with Crippen molar-refractivity contribution in [3.8, 4) is 11.3 Å². The highest BCUT2D eigenvalue weighted by atomic mass is 79.9. The van der Waals surface area contributed by atoms with Gasteiger partial charge in [0.2, 0.25) is 0 Å². The van der Waals surface area contributed by atoms with Crippen LogP contribution < -0.4 is 0 Å². The maximum absolute atomic E-state index is 10.5. The SMILES string of the molecule is O=[N+]([O-])c1ccc(-c2cc(CBr)no2)cc1. The van der Waals surface area contributed by atoms with E-state index in [4.69, 9.17) is 4.52 Å². The molecule has 0 N–H and O–H groups in total. The van der Waals surface area contributed by atoms with Crippen molar-refractivity contribution >= 4 is 21.6 Å². The maximum Gasteiger partial charge on any atom is 0.269 e. The molecule has 2 rings (SSSR count). The first kappa shape index (κ1) is 10.8. The second-order valence-corrected chi connectivity index (χ2v) is 3.68. The van der Waals surface area contributed by atoms with E-state index in [1.165, 1.54) is 12.1 Å². The van der Waals surface area contributed by atoms with Gasteiger partial charge in [-0.1, -0.05) is 21.1 Å². The lowest BCUT2D eigenvalue weighted by Gasteiger charge is -1.94. The van der Waals surface area contributed by atoms with Crippen LogP contribution in [-0.4, -0.2) is 10.1 Å². The molecule has 6 heteroatoms. The molecule has 0 saturated carbocycles. The van der Waals surface area contributed by atoms with Crippen molar-refractivity contribution in [3.05, 3.63) is 46.1 Å². The monoisotopic (exact) mass is 282 g/mol. The van der Waals surface area contributed by atoms with Crippen LogP contribution in [0.15, 0.2) is 34.9 Å². The summed E-state index contributed by atoms with van der Waals surface area (Å²) in [7, 11) is 0. The van der Waals surface area contributed by atoms with E-state index < -0.39 is 4.92 Å². The van der Waals surface area contributed by atoms with Crippen molar-refractivity contribution in [3.63, 3.8) is 0 Å². The Morgan fingerprint density at radius 1 is 1.38 bits per heavy atom. The van der Waals surface area contributed by atoms with Gasteiger partial charge in [0.05, 0.1) is 10.6 Å². The fourth-order valence-corrected chi connectivity index (χ4v) is 1.52. The van der Waals surface area contributed by atoms with Gasteiger partial charge < -0.3 is 4.52 Å². The first-order valence-electron chi connectivity index (χ1n) is 4.47. The molecule has 0 bridgehead atoms. The fourth-order valence-electron chi connectivity index (χ4n) is 1.26. The zero-order valence-corrected chi connectivity index (χ0v) is 9.68. The molecule has 0 fully saturated rings. The van der Waals surface area contributed by atoms with Gasteiger partial charge in [0.25, 0.3) is 5.69 Å². The third-order valence-corrected chi connectivity index (χ3v) is 2.63. The van der Waals surface area contributed by atoms with Gasteiger partial charge in [-0.25, -0.2) is 0 Å². The molecule has 0 amide bonds. The van der Waals surface area contributed by atoms with Crippen LogP contribution in [0.1, 0.15) is 5.69 Å². The molecule has 0 spiro atoms. The predicted molar refractivity (Wildman–Crippen MR) is 61.2 cm³/mol. The topological polar surface area (TPSA) is 69.2 Å². The maximum atomic E-state index is 10.5. The zero-order valence-electron chi connectivity index (χ0n) is 8.09. The minimum Gasteiger partial charge on any atom is -0.356 e. The number of benzene rings is 1. The Bertz CT molecular complexity index is 507. The highest BCUT2D eigenvalue weighted by Gasteiger charge is 2.08. The van der Waals surface area contributed by atoms with Gasteiger partial charge in [0.1, 0.15) is 0 Å². The lowest BCUT2D eigenvalue weighted by molar-refractivity contribution is -0.384.